The predicted octanol–water partition coefficient (Wildman–Crippen LogP) is 1.93. The third kappa shape index (κ3) is 3.66. The number of fused-ring (bicyclic) bond motifs is 1. The van der Waals surface area contributed by atoms with Gasteiger partial charge < -0.3 is 19.1 Å². The van der Waals surface area contributed by atoms with Crippen LogP contribution in [0, 0.1) is 0 Å². The molecular formula is C18H23N3O4. The molecule has 0 radical (unpaired) electrons. The average Bonchev–Trinajstić information content (AvgIpc) is 3.12. The van der Waals surface area contributed by atoms with E-state index < -0.39 is 0 Å². The van der Waals surface area contributed by atoms with Crippen molar-refractivity contribution in [3.8, 4) is 0 Å². The summed E-state index contributed by atoms with van der Waals surface area (Å²) in [6.07, 6.45) is 2.80. The highest BCUT2D eigenvalue weighted by Crippen LogP contribution is 2.21. The lowest BCUT2D eigenvalue weighted by Gasteiger charge is -2.41. The molecule has 0 spiro atoms. The zero-order valence-corrected chi connectivity index (χ0v) is 14.6. The van der Waals surface area contributed by atoms with Gasteiger partial charge in [-0.3, -0.25) is 9.59 Å². The maximum Gasteiger partial charge on any atom is 0.254 e. The van der Waals surface area contributed by atoms with Gasteiger partial charge in [0.1, 0.15) is 0 Å². The van der Waals surface area contributed by atoms with Crippen molar-refractivity contribution in [2.24, 2.45) is 0 Å². The Bertz CT molecular complexity index is 758. The SMILES string of the molecule is CCC(=O)N1CCN(C(=O)c2ccc3cnoc3c2)C(CCOC)C1. The van der Waals surface area contributed by atoms with Gasteiger partial charge in [-0.2, -0.15) is 0 Å². The van der Waals surface area contributed by atoms with Gasteiger partial charge in [-0.1, -0.05) is 12.1 Å². The highest BCUT2D eigenvalue weighted by molar-refractivity contribution is 5.97. The molecule has 1 atom stereocenters. The van der Waals surface area contributed by atoms with Crippen molar-refractivity contribution in [3.63, 3.8) is 0 Å². The number of hydrogen-bond donors (Lipinski definition) is 0. The first-order valence-corrected chi connectivity index (χ1v) is 8.56. The number of methoxy groups -OCH3 is 1. The highest BCUT2D eigenvalue weighted by Gasteiger charge is 2.32. The van der Waals surface area contributed by atoms with Crippen LogP contribution in [0.5, 0.6) is 0 Å². The molecule has 1 unspecified atom stereocenters. The third-order valence-electron chi connectivity index (χ3n) is 4.66. The van der Waals surface area contributed by atoms with Crippen LogP contribution in [0.1, 0.15) is 30.1 Å². The summed E-state index contributed by atoms with van der Waals surface area (Å²) < 4.78 is 10.3. The van der Waals surface area contributed by atoms with Gasteiger partial charge in [-0.15, -0.1) is 0 Å². The van der Waals surface area contributed by atoms with Crippen LogP contribution in [0.4, 0.5) is 0 Å². The normalized spacial score (nSPS) is 17.9. The Labute approximate surface area is 146 Å². The monoisotopic (exact) mass is 345 g/mol. The molecule has 0 saturated carbocycles. The van der Waals surface area contributed by atoms with Crippen LogP contribution < -0.4 is 0 Å². The highest BCUT2D eigenvalue weighted by atomic mass is 16.5. The molecule has 134 valence electrons. The summed E-state index contributed by atoms with van der Waals surface area (Å²) in [4.78, 5) is 28.7. The van der Waals surface area contributed by atoms with Gasteiger partial charge in [0.15, 0.2) is 5.58 Å². The molecule has 1 aromatic carbocycles. The van der Waals surface area contributed by atoms with Crippen molar-refractivity contribution in [3.05, 3.63) is 30.0 Å². The van der Waals surface area contributed by atoms with E-state index in [1.165, 1.54) is 0 Å². The van der Waals surface area contributed by atoms with Crippen molar-refractivity contribution in [2.75, 3.05) is 33.4 Å². The topological polar surface area (TPSA) is 75.9 Å². The van der Waals surface area contributed by atoms with Gasteiger partial charge >= 0.3 is 0 Å². The number of benzene rings is 1. The van der Waals surface area contributed by atoms with Crippen LogP contribution in [-0.4, -0.2) is 66.2 Å². The molecule has 1 fully saturated rings. The van der Waals surface area contributed by atoms with Gasteiger partial charge in [0.05, 0.1) is 12.2 Å². The van der Waals surface area contributed by atoms with Crippen LogP contribution in [-0.2, 0) is 9.53 Å². The first-order valence-electron chi connectivity index (χ1n) is 8.56. The molecule has 2 amide bonds. The summed E-state index contributed by atoms with van der Waals surface area (Å²) in [5, 5.41) is 4.61. The van der Waals surface area contributed by atoms with Crippen molar-refractivity contribution < 1.29 is 18.8 Å². The minimum absolute atomic E-state index is 0.0528. The van der Waals surface area contributed by atoms with Gasteiger partial charge in [-0.05, 0) is 24.6 Å². The summed E-state index contributed by atoms with van der Waals surface area (Å²) >= 11 is 0. The van der Waals surface area contributed by atoms with Crippen LogP contribution in [0.3, 0.4) is 0 Å². The first-order chi connectivity index (χ1) is 12.1. The molecule has 0 N–H and O–H groups in total. The van der Waals surface area contributed by atoms with E-state index in [1.54, 1.807) is 25.4 Å². The molecular weight excluding hydrogens is 322 g/mol. The molecule has 1 aromatic heterocycles. The standard InChI is InChI=1S/C18H23N3O4/c1-3-17(22)20-7-8-21(15(12-20)6-9-24-2)18(23)13-4-5-14-11-19-25-16(14)10-13/h4-5,10-11,15H,3,6-9,12H2,1-2H3. The Balaban J connectivity index is 1.79. The van der Waals surface area contributed by atoms with E-state index in [1.807, 2.05) is 22.8 Å². The summed E-state index contributed by atoms with van der Waals surface area (Å²) in [6, 6.07) is 5.29. The van der Waals surface area contributed by atoms with E-state index in [9.17, 15) is 9.59 Å². The molecule has 7 heteroatoms. The minimum Gasteiger partial charge on any atom is -0.385 e. The zero-order chi connectivity index (χ0) is 17.8. The molecule has 2 aromatic rings. The molecule has 0 aliphatic carbocycles. The summed E-state index contributed by atoms with van der Waals surface area (Å²) in [5.74, 6) is 0.0700. The number of ether oxygens (including phenoxy) is 1. The number of nitrogens with zero attached hydrogens (tertiary/aromatic N) is 3. The minimum atomic E-state index is -0.0536. The molecule has 0 bridgehead atoms. The van der Waals surface area contributed by atoms with Gasteiger partial charge in [0.25, 0.3) is 5.91 Å². The second kappa shape index (κ2) is 7.65. The van der Waals surface area contributed by atoms with Crippen LogP contribution >= 0.6 is 0 Å². The van der Waals surface area contributed by atoms with E-state index in [-0.39, 0.29) is 17.9 Å². The lowest BCUT2D eigenvalue weighted by atomic mass is 10.1. The fraction of sp³-hybridized carbons (Fsp3) is 0.500. The van der Waals surface area contributed by atoms with Crippen LogP contribution in [0.2, 0.25) is 0 Å². The molecule has 1 saturated heterocycles. The first kappa shape index (κ1) is 17.4. The van der Waals surface area contributed by atoms with E-state index in [4.69, 9.17) is 9.26 Å². The van der Waals surface area contributed by atoms with Crippen molar-refractivity contribution in [1.82, 2.24) is 15.0 Å². The average molecular weight is 345 g/mol. The summed E-state index contributed by atoms with van der Waals surface area (Å²) in [6.45, 7) is 4.03. The van der Waals surface area contributed by atoms with Crippen LogP contribution in [0.15, 0.2) is 28.9 Å². The smallest absolute Gasteiger partial charge is 0.254 e. The van der Waals surface area contributed by atoms with Gasteiger partial charge in [0, 0.05) is 50.7 Å². The lowest BCUT2D eigenvalue weighted by Crippen LogP contribution is -2.56. The number of hydrogen-bond acceptors (Lipinski definition) is 5. The molecule has 7 nitrogen and oxygen atoms in total. The Morgan fingerprint density at radius 3 is 2.96 bits per heavy atom. The number of piperazine rings is 1. The Kier molecular flexibility index (Phi) is 5.33. The van der Waals surface area contributed by atoms with Crippen molar-refractivity contribution in [2.45, 2.75) is 25.8 Å². The van der Waals surface area contributed by atoms with E-state index in [0.717, 1.165) is 5.39 Å². The van der Waals surface area contributed by atoms with E-state index >= 15 is 0 Å². The molecule has 2 heterocycles. The lowest BCUT2D eigenvalue weighted by molar-refractivity contribution is -0.133. The van der Waals surface area contributed by atoms with E-state index in [0.29, 0.717) is 50.2 Å². The number of rotatable bonds is 5. The van der Waals surface area contributed by atoms with Crippen molar-refractivity contribution in [1.29, 1.82) is 0 Å². The van der Waals surface area contributed by atoms with Gasteiger partial charge in [0.2, 0.25) is 5.91 Å². The number of amides is 2. The predicted molar refractivity (Wildman–Crippen MR) is 92.2 cm³/mol. The maximum atomic E-state index is 13.0. The number of carbonyl (C=O) groups excluding carboxylic acids is 2. The van der Waals surface area contributed by atoms with E-state index in [2.05, 4.69) is 5.16 Å². The largest absolute Gasteiger partial charge is 0.385 e. The molecule has 1 aliphatic rings. The Morgan fingerprint density at radius 2 is 2.20 bits per heavy atom. The quantitative estimate of drug-likeness (QED) is 0.828. The van der Waals surface area contributed by atoms with Crippen LogP contribution in [0.25, 0.3) is 11.0 Å². The van der Waals surface area contributed by atoms with Gasteiger partial charge in [-0.25, -0.2) is 0 Å². The Morgan fingerprint density at radius 1 is 1.36 bits per heavy atom. The molecule has 1 aliphatic heterocycles. The zero-order valence-electron chi connectivity index (χ0n) is 14.6. The molecule has 25 heavy (non-hydrogen) atoms. The fourth-order valence-electron chi connectivity index (χ4n) is 3.23. The second-order valence-electron chi connectivity index (χ2n) is 6.21. The summed E-state index contributed by atoms with van der Waals surface area (Å²) in [7, 11) is 1.64. The molecule has 3 rings (SSSR count). The Hall–Kier alpha value is -2.41. The van der Waals surface area contributed by atoms with Crippen molar-refractivity contribution >= 4 is 22.8 Å². The fourth-order valence-corrected chi connectivity index (χ4v) is 3.23. The maximum absolute atomic E-state index is 13.0. The third-order valence-corrected chi connectivity index (χ3v) is 4.66. The second-order valence-corrected chi connectivity index (χ2v) is 6.21. The summed E-state index contributed by atoms with van der Waals surface area (Å²) in [5.41, 5.74) is 1.17. The number of aromatic nitrogens is 1. The number of carbonyl (C=O) groups is 2.